The number of rotatable bonds is 8. The van der Waals surface area contributed by atoms with Gasteiger partial charge in [-0.2, -0.15) is 0 Å². The Hall–Kier alpha value is -2.41. The van der Waals surface area contributed by atoms with Gasteiger partial charge in [0.2, 0.25) is 5.91 Å². The van der Waals surface area contributed by atoms with Crippen LogP contribution in [0.25, 0.3) is 0 Å². The molecule has 0 unspecified atom stereocenters. The molecule has 146 valence electrons. The average Bonchev–Trinajstić information content (AvgIpc) is 3.23. The summed E-state index contributed by atoms with van der Waals surface area (Å²) in [6, 6.07) is 8.90. The van der Waals surface area contributed by atoms with E-state index in [4.69, 9.17) is 0 Å². The van der Waals surface area contributed by atoms with Gasteiger partial charge in [-0.1, -0.05) is 37.3 Å². The largest absolute Gasteiger partial charge is 0.354 e. The Labute approximate surface area is 160 Å². The van der Waals surface area contributed by atoms with Crippen LogP contribution in [0.1, 0.15) is 31.7 Å². The summed E-state index contributed by atoms with van der Waals surface area (Å²) in [7, 11) is 0. The highest BCUT2D eigenvalue weighted by molar-refractivity contribution is 6.05. The van der Waals surface area contributed by atoms with Crippen LogP contribution < -0.4 is 10.6 Å². The monoisotopic (exact) mass is 372 g/mol. The van der Waals surface area contributed by atoms with Gasteiger partial charge in [0, 0.05) is 19.1 Å². The Morgan fingerprint density at radius 2 is 2.04 bits per heavy atom. The third-order valence-electron chi connectivity index (χ3n) is 5.40. The van der Waals surface area contributed by atoms with Crippen molar-refractivity contribution in [1.29, 1.82) is 0 Å². The molecule has 7 heteroatoms. The zero-order chi connectivity index (χ0) is 19.2. The van der Waals surface area contributed by atoms with Gasteiger partial charge in [0.15, 0.2) is 0 Å². The van der Waals surface area contributed by atoms with Crippen molar-refractivity contribution in [2.24, 2.45) is 0 Å². The number of likely N-dealkylation sites (tertiary alicyclic amines) is 1. The third-order valence-corrected chi connectivity index (χ3v) is 5.40. The van der Waals surface area contributed by atoms with Gasteiger partial charge in [0.05, 0.1) is 6.42 Å². The molecule has 4 amide bonds. The quantitative estimate of drug-likeness (QED) is 0.671. The zero-order valence-electron chi connectivity index (χ0n) is 15.8. The lowest BCUT2D eigenvalue weighted by Gasteiger charge is -2.23. The number of amides is 4. The molecule has 0 spiro atoms. The molecule has 2 atom stereocenters. The van der Waals surface area contributed by atoms with Crippen LogP contribution >= 0.6 is 0 Å². The van der Waals surface area contributed by atoms with Gasteiger partial charge in [-0.3, -0.25) is 19.4 Å². The molecule has 0 bridgehead atoms. The second-order valence-corrected chi connectivity index (χ2v) is 7.16. The summed E-state index contributed by atoms with van der Waals surface area (Å²) in [5, 5.41) is 5.56. The van der Waals surface area contributed by atoms with E-state index >= 15 is 0 Å². The van der Waals surface area contributed by atoms with Crippen molar-refractivity contribution < 1.29 is 14.4 Å². The number of hydrogen-bond acceptors (Lipinski definition) is 4. The topological polar surface area (TPSA) is 81.8 Å². The van der Waals surface area contributed by atoms with E-state index in [-0.39, 0.29) is 18.2 Å². The van der Waals surface area contributed by atoms with Crippen LogP contribution in [-0.2, 0) is 16.0 Å². The molecule has 2 fully saturated rings. The number of likely N-dealkylation sites (N-methyl/N-ethyl adjacent to an activating group) is 1. The highest BCUT2D eigenvalue weighted by atomic mass is 16.2. The predicted octanol–water partition coefficient (Wildman–Crippen LogP) is 1.14. The Kier molecular flexibility index (Phi) is 6.45. The van der Waals surface area contributed by atoms with Crippen molar-refractivity contribution >= 4 is 17.8 Å². The molecule has 3 rings (SSSR count). The van der Waals surface area contributed by atoms with Gasteiger partial charge in [0.1, 0.15) is 6.04 Å². The molecule has 2 heterocycles. The molecule has 0 aromatic heterocycles. The first-order valence-electron chi connectivity index (χ1n) is 9.75. The van der Waals surface area contributed by atoms with Crippen LogP contribution in [0.4, 0.5) is 4.79 Å². The number of benzene rings is 1. The Morgan fingerprint density at radius 1 is 1.26 bits per heavy atom. The summed E-state index contributed by atoms with van der Waals surface area (Å²) in [6.07, 6.45) is 2.83. The zero-order valence-corrected chi connectivity index (χ0v) is 15.8. The van der Waals surface area contributed by atoms with Crippen molar-refractivity contribution in [3.8, 4) is 0 Å². The molecule has 0 radical (unpaired) electrons. The van der Waals surface area contributed by atoms with E-state index < -0.39 is 12.1 Å². The number of nitrogens with zero attached hydrogens (tertiary/aromatic N) is 2. The number of carbonyl (C=O) groups is 3. The van der Waals surface area contributed by atoms with E-state index in [1.165, 1.54) is 4.90 Å². The maximum absolute atomic E-state index is 12.5. The molecule has 0 saturated carbocycles. The van der Waals surface area contributed by atoms with Crippen molar-refractivity contribution in [1.82, 2.24) is 20.4 Å². The van der Waals surface area contributed by atoms with E-state index in [9.17, 15) is 14.4 Å². The molecule has 2 saturated heterocycles. The first-order valence-corrected chi connectivity index (χ1v) is 9.75. The van der Waals surface area contributed by atoms with Crippen LogP contribution in [0.15, 0.2) is 30.3 Å². The summed E-state index contributed by atoms with van der Waals surface area (Å²) in [6.45, 7) is 5.09. The normalized spacial score (nSPS) is 22.9. The number of nitrogens with one attached hydrogen (secondary N) is 2. The van der Waals surface area contributed by atoms with E-state index in [2.05, 4.69) is 22.5 Å². The summed E-state index contributed by atoms with van der Waals surface area (Å²) >= 11 is 0. The number of urea groups is 1. The molecule has 1 aromatic carbocycles. The van der Waals surface area contributed by atoms with E-state index in [1.54, 1.807) is 0 Å². The molecule has 0 aliphatic carbocycles. The number of hydrogen-bond donors (Lipinski definition) is 2. The third kappa shape index (κ3) is 4.86. The fourth-order valence-corrected chi connectivity index (χ4v) is 3.84. The second kappa shape index (κ2) is 8.99. The predicted molar refractivity (Wildman–Crippen MR) is 102 cm³/mol. The minimum absolute atomic E-state index is 0.00868. The van der Waals surface area contributed by atoms with Crippen molar-refractivity contribution in [2.75, 3.05) is 26.2 Å². The fourth-order valence-electron chi connectivity index (χ4n) is 3.84. The molecule has 2 aliphatic rings. The van der Waals surface area contributed by atoms with E-state index in [0.29, 0.717) is 25.6 Å². The smallest absolute Gasteiger partial charge is 0.324 e. The van der Waals surface area contributed by atoms with E-state index in [0.717, 1.165) is 31.5 Å². The first kappa shape index (κ1) is 19.4. The fraction of sp³-hybridized carbons (Fsp3) is 0.550. The molecule has 2 N–H and O–H groups in total. The van der Waals surface area contributed by atoms with Crippen LogP contribution in [0, 0.1) is 0 Å². The molecule has 27 heavy (non-hydrogen) atoms. The minimum Gasteiger partial charge on any atom is -0.354 e. The SMILES string of the molecule is CCN1CCC[C@@H]1CNC(=O)C[C@@H]1NC(=O)N(CCc2ccccc2)C1=O. The van der Waals surface area contributed by atoms with Crippen LogP contribution in [0.5, 0.6) is 0 Å². The van der Waals surface area contributed by atoms with Crippen LogP contribution in [0.2, 0.25) is 0 Å². The van der Waals surface area contributed by atoms with Crippen LogP contribution in [-0.4, -0.2) is 65.9 Å². The molecular weight excluding hydrogens is 344 g/mol. The molecule has 7 nitrogen and oxygen atoms in total. The van der Waals surface area contributed by atoms with Crippen LogP contribution in [0.3, 0.4) is 0 Å². The maximum atomic E-state index is 12.5. The van der Waals surface area contributed by atoms with Gasteiger partial charge in [-0.05, 0) is 37.9 Å². The molecule has 1 aromatic rings. The van der Waals surface area contributed by atoms with Gasteiger partial charge < -0.3 is 10.6 Å². The summed E-state index contributed by atoms with van der Waals surface area (Å²) in [5.74, 6) is -0.511. The van der Waals surface area contributed by atoms with Crippen molar-refractivity contribution in [2.45, 2.75) is 44.7 Å². The lowest BCUT2D eigenvalue weighted by molar-refractivity contribution is -0.130. The van der Waals surface area contributed by atoms with E-state index in [1.807, 2.05) is 30.3 Å². The summed E-state index contributed by atoms with van der Waals surface area (Å²) in [5.41, 5.74) is 1.07. The van der Waals surface area contributed by atoms with Gasteiger partial charge >= 0.3 is 6.03 Å². The number of imide groups is 1. The highest BCUT2D eigenvalue weighted by Gasteiger charge is 2.38. The lowest BCUT2D eigenvalue weighted by atomic mass is 10.1. The average molecular weight is 372 g/mol. The van der Waals surface area contributed by atoms with Crippen molar-refractivity contribution in [3.63, 3.8) is 0 Å². The highest BCUT2D eigenvalue weighted by Crippen LogP contribution is 2.16. The molecular formula is C20H28N4O3. The summed E-state index contributed by atoms with van der Waals surface area (Å²) < 4.78 is 0. The van der Waals surface area contributed by atoms with Crippen molar-refractivity contribution in [3.05, 3.63) is 35.9 Å². The maximum Gasteiger partial charge on any atom is 0.324 e. The Morgan fingerprint density at radius 3 is 2.78 bits per heavy atom. The first-order chi connectivity index (χ1) is 13.1. The van der Waals surface area contributed by atoms with Gasteiger partial charge in [-0.15, -0.1) is 0 Å². The van der Waals surface area contributed by atoms with Gasteiger partial charge in [0.25, 0.3) is 5.91 Å². The molecule has 2 aliphatic heterocycles. The summed E-state index contributed by atoms with van der Waals surface area (Å²) in [4.78, 5) is 40.4. The Balaban J connectivity index is 1.45. The minimum atomic E-state index is -0.765. The standard InChI is InChI=1S/C20H28N4O3/c1-2-23-11-6-9-16(23)14-21-18(25)13-17-19(26)24(20(27)22-17)12-10-15-7-4-3-5-8-15/h3-5,7-8,16-17H,2,6,9-14H2,1H3,(H,21,25)(H,22,27)/t16-,17+/m1/s1. The second-order valence-electron chi connectivity index (χ2n) is 7.16. The van der Waals surface area contributed by atoms with Gasteiger partial charge in [-0.25, -0.2) is 4.79 Å². The Bertz CT molecular complexity index is 679. The number of carbonyl (C=O) groups excluding carboxylic acids is 3. The lowest BCUT2D eigenvalue weighted by Crippen LogP contribution is -2.42.